The van der Waals surface area contributed by atoms with E-state index in [1.807, 2.05) is 6.92 Å². The third kappa shape index (κ3) is 1.67. The van der Waals surface area contributed by atoms with Crippen LogP contribution in [0.4, 0.5) is 0 Å². The van der Waals surface area contributed by atoms with E-state index < -0.39 is 0 Å². The monoisotopic (exact) mass is 176 g/mol. The second-order valence-electron chi connectivity index (χ2n) is 2.00. The van der Waals surface area contributed by atoms with Crippen molar-refractivity contribution in [3.8, 4) is 0 Å². The highest BCUT2D eigenvalue weighted by atomic mass is 35.5. The summed E-state index contributed by atoms with van der Waals surface area (Å²) in [6, 6.07) is 0. The van der Waals surface area contributed by atoms with E-state index in [1.54, 1.807) is 11.3 Å². The van der Waals surface area contributed by atoms with Gasteiger partial charge in [0.15, 0.2) is 0 Å². The van der Waals surface area contributed by atoms with E-state index in [9.17, 15) is 0 Å². The molecule has 0 aliphatic rings. The van der Waals surface area contributed by atoms with Crippen molar-refractivity contribution in [2.45, 2.75) is 25.6 Å². The topological polar surface area (TPSA) is 25.8 Å². The summed E-state index contributed by atoms with van der Waals surface area (Å²) in [5.74, 6) is 0. The van der Waals surface area contributed by atoms with Gasteiger partial charge in [-0.25, -0.2) is 0 Å². The summed E-state index contributed by atoms with van der Waals surface area (Å²) in [4.78, 5) is 0. The first-order valence-electron chi connectivity index (χ1n) is 3.20. The SMILES string of the molecule is CCc1nnc(C(C)Cl)s1. The number of rotatable bonds is 2. The molecule has 0 spiro atoms. The fourth-order valence-corrected chi connectivity index (χ4v) is 1.46. The number of hydrogen-bond donors (Lipinski definition) is 0. The van der Waals surface area contributed by atoms with Crippen LogP contribution in [0.3, 0.4) is 0 Å². The Morgan fingerprint density at radius 3 is 2.60 bits per heavy atom. The van der Waals surface area contributed by atoms with Crippen molar-refractivity contribution in [3.63, 3.8) is 0 Å². The summed E-state index contributed by atoms with van der Waals surface area (Å²) in [5.41, 5.74) is 0. The Labute approximate surface area is 69.2 Å². The first kappa shape index (κ1) is 7.95. The van der Waals surface area contributed by atoms with E-state index >= 15 is 0 Å². The van der Waals surface area contributed by atoms with Gasteiger partial charge in [-0.2, -0.15) is 0 Å². The minimum atomic E-state index is -0.00204. The Bertz CT molecular complexity index is 209. The van der Waals surface area contributed by atoms with E-state index in [-0.39, 0.29) is 5.38 Å². The molecule has 1 atom stereocenters. The Kier molecular flexibility index (Phi) is 2.63. The van der Waals surface area contributed by atoms with Gasteiger partial charge in [0.1, 0.15) is 10.0 Å². The number of nitrogens with zero attached hydrogens (tertiary/aromatic N) is 2. The van der Waals surface area contributed by atoms with Gasteiger partial charge in [-0.05, 0) is 13.3 Å². The van der Waals surface area contributed by atoms with Crippen molar-refractivity contribution in [1.29, 1.82) is 0 Å². The maximum Gasteiger partial charge on any atom is 0.135 e. The molecule has 1 aromatic heterocycles. The van der Waals surface area contributed by atoms with E-state index in [0.717, 1.165) is 16.4 Å². The number of alkyl halides is 1. The predicted molar refractivity (Wildman–Crippen MR) is 43.6 cm³/mol. The molecular formula is C6H9ClN2S. The molecule has 0 aliphatic heterocycles. The van der Waals surface area contributed by atoms with Gasteiger partial charge in [0, 0.05) is 0 Å². The second kappa shape index (κ2) is 3.30. The summed E-state index contributed by atoms with van der Waals surface area (Å²) in [6.45, 7) is 3.96. The van der Waals surface area contributed by atoms with Gasteiger partial charge in [-0.1, -0.05) is 18.3 Å². The molecule has 56 valence electrons. The highest BCUT2D eigenvalue weighted by molar-refractivity contribution is 7.11. The van der Waals surface area contributed by atoms with Crippen LogP contribution in [0.15, 0.2) is 0 Å². The maximum atomic E-state index is 5.78. The Balaban J connectivity index is 2.78. The van der Waals surface area contributed by atoms with E-state index in [0.29, 0.717) is 0 Å². The van der Waals surface area contributed by atoms with Crippen molar-refractivity contribution in [2.24, 2.45) is 0 Å². The van der Waals surface area contributed by atoms with Gasteiger partial charge in [-0.3, -0.25) is 0 Å². The summed E-state index contributed by atoms with van der Waals surface area (Å²) in [5, 5.41) is 9.83. The first-order valence-corrected chi connectivity index (χ1v) is 4.45. The van der Waals surface area contributed by atoms with Crippen LogP contribution in [0, 0.1) is 0 Å². The Hall–Kier alpha value is -0.150. The zero-order valence-corrected chi connectivity index (χ0v) is 7.54. The minimum absolute atomic E-state index is 0.00204. The molecule has 0 saturated heterocycles. The number of aromatic nitrogens is 2. The van der Waals surface area contributed by atoms with Gasteiger partial charge in [0.25, 0.3) is 0 Å². The summed E-state index contributed by atoms with van der Waals surface area (Å²) in [7, 11) is 0. The molecule has 1 aromatic rings. The molecule has 1 unspecified atom stereocenters. The molecule has 0 aliphatic carbocycles. The average molecular weight is 177 g/mol. The quantitative estimate of drug-likeness (QED) is 0.647. The largest absolute Gasteiger partial charge is 0.144 e. The molecule has 0 N–H and O–H groups in total. The summed E-state index contributed by atoms with van der Waals surface area (Å²) in [6.07, 6.45) is 0.946. The van der Waals surface area contributed by atoms with Gasteiger partial charge in [0.05, 0.1) is 5.38 Å². The molecule has 10 heavy (non-hydrogen) atoms. The van der Waals surface area contributed by atoms with Crippen molar-refractivity contribution in [1.82, 2.24) is 10.2 Å². The number of aryl methyl sites for hydroxylation is 1. The van der Waals surface area contributed by atoms with Gasteiger partial charge < -0.3 is 0 Å². The standard InChI is InChI=1S/C6H9ClN2S/c1-3-5-8-9-6(10-5)4(2)7/h4H,3H2,1-2H3. The predicted octanol–water partition coefficient (Wildman–Crippen LogP) is 2.40. The zero-order valence-electron chi connectivity index (χ0n) is 5.97. The van der Waals surface area contributed by atoms with Crippen molar-refractivity contribution >= 4 is 22.9 Å². The van der Waals surface area contributed by atoms with Crippen molar-refractivity contribution in [2.75, 3.05) is 0 Å². The lowest BCUT2D eigenvalue weighted by atomic mass is 10.5. The first-order chi connectivity index (χ1) is 4.74. The van der Waals surface area contributed by atoms with Gasteiger partial charge >= 0.3 is 0 Å². The maximum absolute atomic E-state index is 5.78. The van der Waals surface area contributed by atoms with Gasteiger partial charge in [0.2, 0.25) is 0 Å². The molecule has 2 nitrogen and oxygen atoms in total. The molecule has 1 heterocycles. The molecule has 4 heteroatoms. The average Bonchev–Trinajstić information content (AvgIpc) is 2.34. The lowest BCUT2D eigenvalue weighted by molar-refractivity contribution is 0.923. The summed E-state index contributed by atoms with van der Waals surface area (Å²) < 4.78 is 0. The third-order valence-electron chi connectivity index (χ3n) is 1.13. The van der Waals surface area contributed by atoms with Crippen LogP contribution in [0.2, 0.25) is 0 Å². The highest BCUT2D eigenvalue weighted by Crippen LogP contribution is 2.22. The Morgan fingerprint density at radius 1 is 1.60 bits per heavy atom. The van der Waals surface area contributed by atoms with E-state index in [1.165, 1.54) is 0 Å². The van der Waals surface area contributed by atoms with Gasteiger partial charge in [-0.15, -0.1) is 21.8 Å². The molecule has 0 amide bonds. The van der Waals surface area contributed by atoms with Crippen LogP contribution in [-0.2, 0) is 6.42 Å². The molecule has 0 bridgehead atoms. The Morgan fingerprint density at radius 2 is 2.30 bits per heavy atom. The molecule has 1 rings (SSSR count). The van der Waals surface area contributed by atoms with E-state index in [4.69, 9.17) is 11.6 Å². The zero-order chi connectivity index (χ0) is 7.56. The smallest absolute Gasteiger partial charge is 0.135 e. The summed E-state index contributed by atoms with van der Waals surface area (Å²) >= 11 is 7.37. The molecule has 0 radical (unpaired) electrons. The van der Waals surface area contributed by atoms with Crippen LogP contribution >= 0.6 is 22.9 Å². The molecular weight excluding hydrogens is 168 g/mol. The third-order valence-corrected chi connectivity index (χ3v) is 2.71. The normalized spacial score (nSPS) is 13.5. The van der Waals surface area contributed by atoms with Crippen molar-refractivity contribution in [3.05, 3.63) is 10.0 Å². The highest BCUT2D eigenvalue weighted by Gasteiger charge is 2.06. The minimum Gasteiger partial charge on any atom is -0.144 e. The number of hydrogen-bond acceptors (Lipinski definition) is 3. The fraction of sp³-hybridized carbons (Fsp3) is 0.667. The van der Waals surface area contributed by atoms with Crippen LogP contribution in [0.5, 0.6) is 0 Å². The molecule has 0 fully saturated rings. The van der Waals surface area contributed by atoms with Crippen LogP contribution in [-0.4, -0.2) is 10.2 Å². The van der Waals surface area contributed by atoms with E-state index in [2.05, 4.69) is 17.1 Å². The lowest BCUT2D eigenvalue weighted by Crippen LogP contribution is -1.80. The fourth-order valence-electron chi connectivity index (χ4n) is 0.570. The van der Waals surface area contributed by atoms with Crippen LogP contribution < -0.4 is 0 Å². The van der Waals surface area contributed by atoms with Crippen LogP contribution in [0.25, 0.3) is 0 Å². The second-order valence-corrected chi connectivity index (χ2v) is 3.75. The molecule has 0 saturated carbocycles. The van der Waals surface area contributed by atoms with Crippen LogP contribution in [0.1, 0.15) is 29.2 Å². The lowest BCUT2D eigenvalue weighted by Gasteiger charge is -1.90. The number of halogens is 1. The molecule has 0 aromatic carbocycles. The van der Waals surface area contributed by atoms with Crippen molar-refractivity contribution < 1.29 is 0 Å².